The third-order valence-electron chi connectivity index (χ3n) is 6.63. The fourth-order valence-electron chi connectivity index (χ4n) is 4.82. The smallest absolute Gasteiger partial charge is 0.242 e. The summed E-state index contributed by atoms with van der Waals surface area (Å²) in [6.07, 6.45) is 2.73. The summed E-state index contributed by atoms with van der Waals surface area (Å²) in [5, 5.41) is 0. The number of rotatable bonds is 2. The molecule has 3 aliphatic heterocycles. The van der Waals surface area contributed by atoms with E-state index in [9.17, 15) is 4.79 Å². The van der Waals surface area contributed by atoms with Gasteiger partial charge in [0.2, 0.25) is 5.91 Å². The maximum absolute atomic E-state index is 13.0. The predicted molar refractivity (Wildman–Crippen MR) is 114 cm³/mol. The Labute approximate surface area is 176 Å². The normalized spacial score (nSPS) is 24.4. The fourth-order valence-corrected chi connectivity index (χ4v) is 6.06. The number of carbonyl (C=O) groups is 1. The number of likely N-dealkylation sites (N-methyl/N-ethyl adjacent to an activating group) is 1. The molecule has 5 nitrogen and oxygen atoms in total. The summed E-state index contributed by atoms with van der Waals surface area (Å²) in [6.45, 7) is 4.30. The van der Waals surface area contributed by atoms with Gasteiger partial charge in [0.25, 0.3) is 0 Å². The summed E-state index contributed by atoms with van der Waals surface area (Å²) in [5.41, 5.74) is 2.40. The number of carbonyl (C=O) groups excluding carboxylic acids is 1. The Balaban J connectivity index is 1.34. The zero-order valence-corrected chi connectivity index (χ0v) is 17.7. The van der Waals surface area contributed by atoms with Gasteiger partial charge in [-0.05, 0) is 37.1 Å². The third-order valence-corrected chi connectivity index (χ3v) is 7.87. The lowest BCUT2D eigenvalue weighted by molar-refractivity contribution is -0.150. The van der Waals surface area contributed by atoms with Crippen molar-refractivity contribution >= 4 is 17.2 Å². The van der Waals surface area contributed by atoms with E-state index >= 15 is 0 Å². The standard InChI is InChI=1S/C23H28N2O3S/c1-24-12-14-27-16-19(24)22(26)25-10-8-23(9-11-25)18-15-21(17-5-3-2-4-6-17)29-20(18)7-13-28-23/h2-6,15,19H,7-14,16H2,1H3/t19-/m1/s1. The summed E-state index contributed by atoms with van der Waals surface area (Å²) in [7, 11) is 2.02. The molecule has 1 atom stereocenters. The molecule has 0 saturated carbocycles. The molecular weight excluding hydrogens is 384 g/mol. The Morgan fingerprint density at radius 1 is 1.14 bits per heavy atom. The van der Waals surface area contributed by atoms with Gasteiger partial charge in [-0.25, -0.2) is 0 Å². The van der Waals surface area contributed by atoms with Crippen molar-refractivity contribution in [3.05, 3.63) is 46.8 Å². The van der Waals surface area contributed by atoms with Crippen molar-refractivity contribution in [1.29, 1.82) is 0 Å². The second-order valence-corrected chi connectivity index (χ2v) is 9.44. The summed E-state index contributed by atoms with van der Waals surface area (Å²) in [6, 6.07) is 12.8. The van der Waals surface area contributed by atoms with Crippen molar-refractivity contribution in [3.8, 4) is 10.4 Å². The van der Waals surface area contributed by atoms with Crippen molar-refractivity contribution < 1.29 is 14.3 Å². The largest absolute Gasteiger partial charge is 0.378 e. The van der Waals surface area contributed by atoms with E-state index in [4.69, 9.17) is 9.47 Å². The highest BCUT2D eigenvalue weighted by Crippen LogP contribution is 2.46. The number of amides is 1. The van der Waals surface area contributed by atoms with Crippen LogP contribution in [0.2, 0.25) is 0 Å². The van der Waals surface area contributed by atoms with Crippen molar-refractivity contribution in [3.63, 3.8) is 0 Å². The van der Waals surface area contributed by atoms with Crippen LogP contribution in [0.1, 0.15) is 23.3 Å². The number of hydrogen-bond acceptors (Lipinski definition) is 5. The van der Waals surface area contributed by atoms with Gasteiger partial charge < -0.3 is 14.4 Å². The zero-order chi connectivity index (χ0) is 19.8. The average Bonchev–Trinajstić information content (AvgIpc) is 3.21. The monoisotopic (exact) mass is 412 g/mol. The lowest BCUT2D eigenvalue weighted by atomic mass is 9.82. The van der Waals surface area contributed by atoms with E-state index in [0.29, 0.717) is 13.2 Å². The molecule has 6 heteroatoms. The molecule has 154 valence electrons. The maximum atomic E-state index is 13.0. The van der Waals surface area contributed by atoms with E-state index in [2.05, 4.69) is 41.3 Å². The molecule has 1 spiro atoms. The first-order valence-electron chi connectivity index (χ1n) is 10.6. The van der Waals surface area contributed by atoms with Gasteiger partial charge >= 0.3 is 0 Å². The molecule has 0 bridgehead atoms. The van der Waals surface area contributed by atoms with Crippen LogP contribution in [-0.2, 0) is 26.3 Å². The number of hydrogen-bond donors (Lipinski definition) is 0. The summed E-state index contributed by atoms with van der Waals surface area (Å²) >= 11 is 1.90. The molecule has 0 aliphatic carbocycles. The molecule has 2 saturated heterocycles. The number of benzene rings is 1. The van der Waals surface area contributed by atoms with Crippen molar-refractivity contribution in [1.82, 2.24) is 9.80 Å². The maximum Gasteiger partial charge on any atom is 0.242 e. The van der Waals surface area contributed by atoms with Gasteiger partial charge in [-0.2, -0.15) is 0 Å². The van der Waals surface area contributed by atoms with Gasteiger partial charge in [0.05, 0.1) is 25.4 Å². The highest BCUT2D eigenvalue weighted by Gasteiger charge is 2.44. The Morgan fingerprint density at radius 2 is 1.93 bits per heavy atom. The first kappa shape index (κ1) is 19.2. The Bertz CT molecular complexity index is 874. The van der Waals surface area contributed by atoms with Crippen LogP contribution in [0, 0.1) is 0 Å². The zero-order valence-electron chi connectivity index (χ0n) is 16.9. The molecule has 3 aliphatic rings. The van der Waals surface area contributed by atoms with Gasteiger partial charge in [0.15, 0.2) is 0 Å². The molecule has 5 rings (SSSR count). The van der Waals surface area contributed by atoms with Gasteiger partial charge in [0, 0.05) is 35.8 Å². The number of morpholine rings is 1. The average molecular weight is 413 g/mol. The number of thiophene rings is 1. The van der Waals surface area contributed by atoms with Crippen LogP contribution in [-0.4, -0.2) is 68.3 Å². The molecule has 0 N–H and O–H groups in total. The van der Waals surface area contributed by atoms with E-state index in [0.717, 1.165) is 45.5 Å². The highest BCUT2D eigenvalue weighted by atomic mass is 32.1. The van der Waals surface area contributed by atoms with E-state index in [1.807, 2.05) is 23.3 Å². The molecule has 0 unspecified atom stereocenters. The van der Waals surface area contributed by atoms with Gasteiger partial charge in [-0.3, -0.25) is 9.69 Å². The molecule has 2 fully saturated rings. The van der Waals surface area contributed by atoms with Crippen LogP contribution < -0.4 is 0 Å². The van der Waals surface area contributed by atoms with Crippen LogP contribution in [0.5, 0.6) is 0 Å². The number of ether oxygens (including phenoxy) is 2. The van der Waals surface area contributed by atoms with Gasteiger partial charge in [0.1, 0.15) is 6.04 Å². The van der Waals surface area contributed by atoms with E-state index < -0.39 is 0 Å². The minimum Gasteiger partial charge on any atom is -0.378 e. The molecule has 2 aromatic rings. The second-order valence-electron chi connectivity index (χ2n) is 8.30. The summed E-state index contributed by atoms with van der Waals surface area (Å²) in [4.78, 5) is 19.9. The summed E-state index contributed by atoms with van der Waals surface area (Å²) < 4.78 is 12.0. The van der Waals surface area contributed by atoms with Gasteiger partial charge in [-0.1, -0.05) is 30.3 Å². The first-order chi connectivity index (χ1) is 14.2. The number of nitrogens with zero attached hydrogens (tertiary/aromatic N) is 2. The molecule has 4 heterocycles. The Morgan fingerprint density at radius 3 is 2.69 bits per heavy atom. The number of likely N-dealkylation sites (tertiary alicyclic amines) is 1. The SMILES string of the molecule is CN1CCOC[C@@H]1C(=O)N1CCC2(CC1)OCCc1sc(-c3ccccc3)cc12. The third kappa shape index (κ3) is 3.52. The molecular formula is C23H28N2O3S. The van der Waals surface area contributed by atoms with Crippen molar-refractivity contribution in [2.45, 2.75) is 30.9 Å². The van der Waals surface area contributed by atoms with Crippen molar-refractivity contribution in [2.75, 3.05) is 46.5 Å². The fraction of sp³-hybridized carbons (Fsp3) is 0.522. The quantitative estimate of drug-likeness (QED) is 0.760. The number of piperidine rings is 1. The minimum absolute atomic E-state index is 0.147. The topological polar surface area (TPSA) is 42.0 Å². The molecule has 0 radical (unpaired) electrons. The van der Waals surface area contributed by atoms with Gasteiger partial charge in [-0.15, -0.1) is 11.3 Å². The van der Waals surface area contributed by atoms with E-state index in [1.165, 1.54) is 20.9 Å². The molecule has 1 aromatic carbocycles. The van der Waals surface area contributed by atoms with Crippen LogP contribution in [0.25, 0.3) is 10.4 Å². The Hall–Kier alpha value is -1.73. The van der Waals surface area contributed by atoms with Crippen LogP contribution in [0.15, 0.2) is 36.4 Å². The lowest BCUT2D eigenvalue weighted by Crippen LogP contribution is -2.56. The highest BCUT2D eigenvalue weighted by molar-refractivity contribution is 7.15. The van der Waals surface area contributed by atoms with Crippen LogP contribution in [0.3, 0.4) is 0 Å². The predicted octanol–water partition coefficient (Wildman–Crippen LogP) is 3.14. The number of fused-ring (bicyclic) bond motifs is 2. The second kappa shape index (κ2) is 7.84. The van der Waals surface area contributed by atoms with Crippen molar-refractivity contribution in [2.24, 2.45) is 0 Å². The Kier molecular flexibility index (Phi) is 5.20. The van der Waals surface area contributed by atoms with Crippen LogP contribution in [0.4, 0.5) is 0 Å². The van der Waals surface area contributed by atoms with Crippen LogP contribution >= 0.6 is 11.3 Å². The summed E-state index contributed by atoms with van der Waals surface area (Å²) in [5.74, 6) is 0.202. The minimum atomic E-state index is -0.233. The molecule has 1 aromatic heterocycles. The molecule has 29 heavy (non-hydrogen) atoms. The molecule has 1 amide bonds. The lowest BCUT2D eigenvalue weighted by Gasteiger charge is -2.45. The van der Waals surface area contributed by atoms with E-state index in [1.54, 1.807) is 0 Å². The first-order valence-corrected chi connectivity index (χ1v) is 11.4. The van der Waals surface area contributed by atoms with E-state index in [-0.39, 0.29) is 17.6 Å².